The number of halogens is 3. The Morgan fingerprint density at radius 1 is 0.875 bits per heavy atom. The summed E-state index contributed by atoms with van der Waals surface area (Å²) in [4.78, 5) is 52.5. The number of fused-ring (bicyclic) bond motifs is 1. The molecule has 1 saturated heterocycles. The average Bonchev–Trinajstić information content (AvgIpc) is 3.20. The molecule has 1 aliphatic heterocycles. The van der Waals surface area contributed by atoms with Crippen molar-refractivity contribution in [2.45, 2.75) is 31.4 Å². The van der Waals surface area contributed by atoms with E-state index in [2.05, 4.69) is 5.32 Å². The zero-order chi connectivity index (χ0) is 28.4. The topological polar surface area (TPSA) is 92.8 Å². The van der Waals surface area contributed by atoms with E-state index < -0.39 is 47.7 Å². The summed E-state index contributed by atoms with van der Waals surface area (Å²) in [6.45, 7) is -0.831. The van der Waals surface area contributed by atoms with Crippen molar-refractivity contribution in [1.82, 2.24) is 0 Å². The molecule has 0 unspecified atom stereocenters. The quantitative estimate of drug-likeness (QED) is 0.320. The molecule has 3 aromatic rings. The van der Waals surface area contributed by atoms with Crippen LogP contribution in [0.15, 0.2) is 78.9 Å². The van der Waals surface area contributed by atoms with E-state index in [4.69, 9.17) is 4.74 Å². The molecule has 0 bridgehead atoms. The van der Waals surface area contributed by atoms with Gasteiger partial charge < -0.3 is 10.1 Å². The number of carbonyl (C=O) groups excluding carboxylic acids is 4. The van der Waals surface area contributed by atoms with Gasteiger partial charge in [-0.25, -0.2) is 4.79 Å². The van der Waals surface area contributed by atoms with Crippen molar-refractivity contribution in [3.05, 3.63) is 95.6 Å². The fourth-order valence-corrected chi connectivity index (χ4v) is 5.47. The number of hydrogen-bond donors (Lipinski definition) is 1. The summed E-state index contributed by atoms with van der Waals surface area (Å²) in [6, 6.07) is 20.1. The lowest BCUT2D eigenvalue weighted by Gasteiger charge is -2.28. The minimum atomic E-state index is -4.68. The van der Waals surface area contributed by atoms with Crippen LogP contribution in [0, 0.1) is 11.8 Å². The monoisotopic (exact) mass is 550 g/mol. The average molecular weight is 551 g/mol. The van der Waals surface area contributed by atoms with E-state index in [9.17, 15) is 32.3 Å². The van der Waals surface area contributed by atoms with E-state index in [-0.39, 0.29) is 29.0 Å². The van der Waals surface area contributed by atoms with Crippen molar-refractivity contribution in [3.8, 4) is 0 Å². The van der Waals surface area contributed by atoms with Gasteiger partial charge in [0.1, 0.15) is 0 Å². The number of esters is 1. The predicted molar refractivity (Wildman–Crippen MR) is 139 cm³/mol. The third kappa shape index (κ3) is 5.47. The Hall–Kier alpha value is -4.47. The van der Waals surface area contributed by atoms with Crippen LogP contribution in [0.5, 0.6) is 0 Å². The number of para-hydroxylation sites is 1. The SMILES string of the molecule is O=C(COC(=O)c1cccc(N2C(=O)[C@@H]3CC[C@H](c4ccccc4)C[C@H]3C2=O)c1)Nc1ccccc1C(F)(F)F. The Morgan fingerprint density at radius 3 is 2.33 bits per heavy atom. The second kappa shape index (κ2) is 11.0. The van der Waals surface area contributed by atoms with Crippen LogP contribution in [-0.4, -0.2) is 30.3 Å². The van der Waals surface area contributed by atoms with Gasteiger partial charge in [-0.1, -0.05) is 48.5 Å². The molecule has 1 heterocycles. The molecule has 1 saturated carbocycles. The van der Waals surface area contributed by atoms with Crippen LogP contribution in [0.1, 0.15) is 46.7 Å². The normalized spacial score (nSPS) is 20.7. The lowest BCUT2D eigenvalue weighted by atomic mass is 9.73. The summed E-state index contributed by atoms with van der Waals surface area (Å²) in [5.74, 6) is -3.21. The minimum absolute atomic E-state index is 0.0152. The highest BCUT2D eigenvalue weighted by Crippen LogP contribution is 2.45. The Kier molecular flexibility index (Phi) is 7.42. The van der Waals surface area contributed by atoms with E-state index >= 15 is 0 Å². The van der Waals surface area contributed by atoms with E-state index in [1.807, 2.05) is 30.3 Å². The molecule has 3 aromatic carbocycles. The molecule has 10 heteroatoms. The molecule has 1 N–H and O–H groups in total. The summed E-state index contributed by atoms with van der Waals surface area (Å²) in [7, 11) is 0. The van der Waals surface area contributed by atoms with Crippen LogP contribution < -0.4 is 10.2 Å². The number of benzene rings is 3. The second-order valence-corrected chi connectivity index (χ2v) is 9.86. The number of nitrogens with zero attached hydrogens (tertiary/aromatic N) is 1. The highest BCUT2D eigenvalue weighted by atomic mass is 19.4. The van der Waals surface area contributed by atoms with Crippen molar-refractivity contribution >= 4 is 35.1 Å². The number of imide groups is 1. The zero-order valence-corrected chi connectivity index (χ0v) is 21.2. The van der Waals surface area contributed by atoms with Crippen molar-refractivity contribution in [2.75, 3.05) is 16.8 Å². The lowest BCUT2D eigenvalue weighted by molar-refractivity contribution is -0.137. The highest BCUT2D eigenvalue weighted by Gasteiger charge is 2.50. The standard InChI is InChI=1S/C30H25F3N2O5/c31-30(32,33)24-11-4-5-12-25(24)34-26(36)17-40-29(39)20-9-6-10-21(15-20)35-27(37)22-14-13-19(16-23(22)28(35)38)18-7-2-1-3-8-18/h1-12,15,19,22-23H,13-14,16-17H2,(H,34,36)/t19-,22+,23+/m0/s1. The third-order valence-electron chi connectivity index (χ3n) is 7.38. The fourth-order valence-electron chi connectivity index (χ4n) is 5.47. The first kappa shape index (κ1) is 27.1. The number of anilines is 2. The van der Waals surface area contributed by atoms with E-state index in [1.165, 1.54) is 30.3 Å². The Labute approximate surface area is 227 Å². The molecule has 3 amide bonds. The van der Waals surface area contributed by atoms with Gasteiger partial charge in [-0.15, -0.1) is 0 Å². The Bertz CT molecular complexity index is 1460. The number of hydrogen-bond acceptors (Lipinski definition) is 5. The van der Waals surface area contributed by atoms with Crippen molar-refractivity contribution in [3.63, 3.8) is 0 Å². The molecule has 5 rings (SSSR count). The largest absolute Gasteiger partial charge is 0.452 e. The molecule has 1 aliphatic carbocycles. The number of rotatable bonds is 6. The smallest absolute Gasteiger partial charge is 0.418 e. The maximum absolute atomic E-state index is 13.4. The van der Waals surface area contributed by atoms with Gasteiger partial charge in [0.15, 0.2) is 6.61 Å². The van der Waals surface area contributed by atoms with Crippen LogP contribution in [0.3, 0.4) is 0 Å². The van der Waals surface area contributed by atoms with Crippen molar-refractivity contribution < 1.29 is 37.1 Å². The highest BCUT2D eigenvalue weighted by molar-refractivity contribution is 6.22. The van der Waals surface area contributed by atoms with Gasteiger partial charge in [0.25, 0.3) is 5.91 Å². The van der Waals surface area contributed by atoms with E-state index in [1.54, 1.807) is 6.07 Å². The van der Waals surface area contributed by atoms with Gasteiger partial charge in [0.2, 0.25) is 11.8 Å². The third-order valence-corrected chi connectivity index (χ3v) is 7.38. The molecular weight excluding hydrogens is 525 g/mol. The molecule has 0 radical (unpaired) electrons. The van der Waals surface area contributed by atoms with Crippen molar-refractivity contribution in [1.29, 1.82) is 0 Å². The van der Waals surface area contributed by atoms with Gasteiger partial charge in [-0.3, -0.25) is 19.3 Å². The maximum Gasteiger partial charge on any atom is 0.418 e. The summed E-state index contributed by atoms with van der Waals surface area (Å²) in [5.41, 5.74) is -0.148. The van der Waals surface area contributed by atoms with Gasteiger partial charge in [-0.05, 0) is 61.1 Å². The predicted octanol–water partition coefficient (Wildman–Crippen LogP) is 5.57. The summed E-state index contributed by atoms with van der Waals surface area (Å²) < 4.78 is 44.5. The molecular formula is C30H25F3N2O5. The Morgan fingerprint density at radius 2 is 1.57 bits per heavy atom. The first-order valence-corrected chi connectivity index (χ1v) is 12.8. The molecule has 2 fully saturated rings. The van der Waals surface area contributed by atoms with Crippen LogP contribution in [0.4, 0.5) is 24.5 Å². The first-order valence-electron chi connectivity index (χ1n) is 12.8. The number of carbonyl (C=O) groups is 4. The minimum Gasteiger partial charge on any atom is -0.452 e. The first-order chi connectivity index (χ1) is 19.1. The van der Waals surface area contributed by atoms with E-state index in [0.29, 0.717) is 12.8 Å². The second-order valence-electron chi connectivity index (χ2n) is 9.86. The van der Waals surface area contributed by atoms with Gasteiger partial charge in [0, 0.05) is 0 Å². The van der Waals surface area contributed by atoms with Gasteiger partial charge in [0.05, 0.1) is 34.3 Å². The van der Waals surface area contributed by atoms with Crippen LogP contribution in [0.2, 0.25) is 0 Å². The fraction of sp³-hybridized carbons (Fsp3) is 0.267. The number of amides is 3. The molecule has 0 spiro atoms. The summed E-state index contributed by atoms with van der Waals surface area (Å²) >= 11 is 0. The van der Waals surface area contributed by atoms with Gasteiger partial charge >= 0.3 is 12.1 Å². The maximum atomic E-state index is 13.4. The number of ether oxygens (including phenoxy) is 1. The number of nitrogens with one attached hydrogen (secondary N) is 1. The molecule has 3 atom stereocenters. The molecule has 206 valence electrons. The Balaban J connectivity index is 1.24. The molecule has 7 nitrogen and oxygen atoms in total. The van der Waals surface area contributed by atoms with Crippen LogP contribution in [0.25, 0.3) is 0 Å². The molecule has 2 aliphatic rings. The number of alkyl halides is 3. The molecule has 0 aromatic heterocycles. The van der Waals surface area contributed by atoms with E-state index in [0.717, 1.165) is 29.0 Å². The summed E-state index contributed by atoms with van der Waals surface area (Å²) in [6.07, 6.45) is -2.74. The van der Waals surface area contributed by atoms with Crippen LogP contribution in [-0.2, 0) is 25.3 Å². The summed E-state index contributed by atoms with van der Waals surface area (Å²) in [5, 5.41) is 2.10. The van der Waals surface area contributed by atoms with Gasteiger partial charge in [-0.2, -0.15) is 13.2 Å². The van der Waals surface area contributed by atoms with Crippen molar-refractivity contribution in [2.24, 2.45) is 11.8 Å². The lowest BCUT2D eigenvalue weighted by Crippen LogP contribution is -2.31. The van der Waals surface area contributed by atoms with Crippen LogP contribution >= 0.6 is 0 Å². The molecule has 40 heavy (non-hydrogen) atoms. The zero-order valence-electron chi connectivity index (χ0n) is 21.2.